The Morgan fingerprint density at radius 3 is 2.16 bits per heavy atom. The minimum absolute atomic E-state index is 0.0371. The zero-order chi connectivity index (χ0) is 31.3. The Balaban J connectivity index is 1.41. The molecule has 224 valence electrons. The van der Waals surface area contributed by atoms with Crippen LogP contribution < -0.4 is 5.32 Å². The first kappa shape index (κ1) is 31.9. The van der Waals surface area contributed by atoms with Gasteiger partial charge in [0.25, 0.3) is 11.8 Å². The van der Waals surface area contributed by atoms with E-state index in [1.807, 2.05) is 43.3 Å². The number of aryl methyl sites for hydroxylation is 1. The molecule has 43 heavy (non-hydrogen) atoms. The average molecular weight is 672 g/mol. The van der Waals surface area contributed by atoms with E-state index in [2.05, 4.69) is 21.2 Å². The molecule has 2 amide bonds. The highest BCUT2D eigenvalue weighted by Crippen LogP contribution is 2.29. The van der Waals surface area contributed by atoms with Crippen molar-refractivity contribution in [1.82, 2.24) is 4.90 Å². The van der Waals surface area contributed by atoms with E-state index in [0.29, 0.717) is 27.5 Å². The Morgan fingerprint density at radius 1 is 0.907 bits per heavy atom. The molecule has 0 radical (unpaired) electrons. The van der Waals surface area contributed by atoms with Gasteiger partial charge in [0, 0.05) is 46.4 Å². The van der Waals surface area contributed by atoms with Crippen LogP contribution >= 0.6 is 27.5 Å². The third kappa shape index (κ3) is 7.67. The maximum atomic E-state index is 13.0. The number of halogens is 2. The summed E-state index contributed by atoms with van der Waals surface area (Å²) in [6, 6.07) is 17.9. The predicted molar refractivity (Wildman–Crippen MR) is 161 cm³/mol. The van der Waals surface area contributed by atoms with Gasteiger partial charge in [0.2, 0.25) is 12.2 Å². The number of likely N-dealkylation sites (tertiary alicyclic amines) is 1. The molecule has 12 heteroatoms. The zero-order valence-electron chi connectivity index (χ0n) is 23.5. The summed E-state index contributed by atoms with van der Waals surface area (Å²) in [4.78, 5) is 62.2. The van der Waals surface area contributed by atoms with Crippen LogP contribution in [0.2, 0.25) is 5.02 Å². The van der Waals surface area contributed by atoms with Crippen LogP contribution in [0.15, 0.2) is 65.1 Å². The van der Waals surface area contributed by atoms with Crippen LogP contribution in [0.5, 0.6) is 0 Å². The van der Waals surface area contributed by atoms with Crippen molar-refractivity contribution in [2.75, 3.05) is 18.5 Å². The van der Waals surface area contributed by atoms with Gasteiger partial charge in [0.05, 0.1) is 24.8 Å². The summed E-state index contributed by atoms with van der Waals surface area (Å²) in [7, 11) is 0. The first-order valence-electron chi connectivity index (χ1n) is 13.2. The maximum absolute atomic E-state index is 13.0. The Bertz CT molecular complexity index is 1560. The SMILES string of the molecule is CC(=O)O[C@@H]1C(=O)N(CCOCc2cc(Br)ccc2Nc2ccc(C(=O)c3ccccc3C)c(Cl)c2)C(=O)[C@@H]1OC(C)=O. The number of nitrogens with one attached hydrogen (secondary N) is 1. The molecule has 1 N–H and O–H groups in total. The number of ether oxygens (including phenoxy) is 3. The second-order valence-electron chi connectivity index (χ2n) is 9.71. The van der Waals surface area contributed by atoms with Crippen LogP contribution in [0.3, 0.4) is 0 Å². The van der Waals surface area contributed by atoms with Crippen molar-refractivity contribution in [3.05, 3.63) is 92.4 Å². The van der Waals surface area contributed by atoms with E-state index in [1.54, 1.807) is 24.3 Å². The number of rotatable bonds is 11. The van der Waals surface area contributed by atoms with Crippen molar-refractivity contribution < 1.29 is 38.2 Å². The number of imide groups is 1. The molecule has 1 fully saturated rings. The normalized spacial score (nSPS) is 16.3. The Morgan fingerprint density at radius 2 is 1.56 bits per heavy atom. The van der Waals surface area contributed by atoms with Gasteiger partial charge >= 0.3 is 11.9 Å². The highest BCUT2D eigenvalue weighted by molar-refractivity contribution is 9.10. The second-order valence-corrected chi connectivity index (χ2v) is 11.0. The number of hydrogen-bond donors (Lipinski definition) is 1. The number of carbonyl (C=O) groups is 5. The molecule has 10 nitrogen and oxygen atoms in total. The number of amides is 2. The number of hydrogen-bond acceptors (Lipinski definition) is 9. The molecule has 0 spiro atoms. The quantitative estimate of drug-likeness (QED) is 0.128. The predicted octanol–water partition coefficient (Wildman–Crippen LogP) is 5.13. The first-order valence-corrected chi connectivity index (χ1v) is 14.4. The van der Waals surface area contributed by atoms with Crippen LogP contribution in [0, 0.1) is 6.92 Å². The number of ketones is 1. The summed E-state index contributed by atoms with van der Waals surface area (Å²) in [5, 5.41) is 3.59. The lowest BCUT2D eigenvalue weighted by Gasteiger charge is -2.16. The first-order chi connectivity index (χ1) is 20.5. The topological polar surface area (TPSA) is 128 Å². The van der Waals surface area contributed by atoms with E-state index >= 15 is 0 Å². The molecule has 1 aliphatic rings. The van der Waals surface area contributed by atoms with Gasteiger partial charge in [0.15, 0.2) is 5.78 Å². The van der Waals surface area contributed by atoms with Crippen molar-refractivity contribution in [1.29, 1.82) is 0 Å². The van der Waals surface area contributed by atoms with Crippen molar-refractivity contribution in [2.24, 2.45) is 0 Å². The van der Waals surface area contributed by atoms with Gasteiger partial charge in [-0.25, -0.2) is 0 Å². The summed E-state index contributed by atoms with van der Waals surface area (Å²) < 4.78 is 16.5. The largest absolute Gasteiger partial charge is 0.448 e. The van der Waals surface area contributed by atoms with E-state index in [4.69, 9.17) is 25.8 Å². The van der Waals surface area contributed by atoms with Gasteiger partial charge in [0.1, 0.15) is 0 Å². The highest BCUT2D eigenvalue weighted by Gasteiger charge is 2.52. The Labute approximate surface area is 261 Å². The lowest BCUT2D eigenvalue weighted by atomic mass is 9.99. The number of nitrogens with zero attached hydrogens (tertiary/aromatic N) is 1. The number of esters is 2. The molecule has 1 heterocycles. The molecule has 1 saturated heterocycles. The number of carbonyl (C=O) groups excluding carboxylic acids is 5. The van der Waals surface area contributed by atoms with E-state index in [9.17, 15) is 24.0 Å². The molecule has 4 rings (SSSR count). The van der Waals surface area contributed by atoms with E-state index in [0.717, 1.165) is 34.3 Å². The Hall–Kier alpha value is -4.06. The van der Waals surface area contributed by atoms with Crippen molar-refractivity contribution in [3.63, 3.8) is 0 Å². The van der Waals surface area contributed by atoms with Crippen LogP contribution in [0.25, 0.3) is 0 Å². The summed E-state index contributed by atoms with van der Waals surface area (Å²) in [5.41, 5.74) is 3.93. The molecular formula is C31H28BrClN2O8. The fourth-order valence-corrected chi connectivity index (χ4v) is 5.20. The smallest absolute Gasteiger partial charge is 0.303 e. The minimum Gasteiger partial charge on any atom is -0.448 e. The highest BCUT2D eigenvalue weighted by atomic mass is 79.9. The maximum Gasteiger partial charge on any atom is 0.303 e. The molecule has 0 aliphatic carbocycles. The van der Waals surface area contributed by atoms with E-state index in [1.165, 1.54) is 0 Å². The number of anilines is 2. The average Bonchev–Trinajstić information content (AvgIpc) is 3.15. The zero-order valence-corrected chi connectivity index (χ0v) is 25.9. The summed E-state index contributed by atoms with van der Waals surface area (Å²) in [5.74, 6) is -3.32. The third-order valence-electron chi connectivity index (χ3n) is 6.55. The molecule has 3 aromatic carbocycles. The van der Waals surface area contributed by atoms with Gasteiger partial charge in [-0.05, 0) is 48.9 Å². The van der Waals surface area contributed by atoms with E-state index < -0.39 is 36.0 Å². The second kappa shape index (κ2) is 13.9. The fraction of sp³-hybridized carbons (Fsp3) is 0.258. The standard InChI is InChI=1S/C31H28BrClN2O8/c1-17-6-4-5-7-23(17)27(38)24-10-9-22(15-25(24)33)34-26-11-8-21(32)14-20(26)16-41-13-12-35-30(39)28(42-18(2)36)29(31(35)40)43-19(3)37/h4-11,14-15,28-29,34H,12-13,16H2,1-3H3/t28-,29+. The van der Waals surface area contributed by atoms with E-state index in [-0.39, 0.29) is 25.5 Å². The lowest BCUT2D eigenvalue weighted by Crippen LogP contribution is -2.36. The monoisotopic (exact) mass is 670 g/mol. The molecule has 0 unspecified atom stereocenters. The minimum atomic E-state index is -1.54. The van der Waals surface area contributed by atoms with Crippen LogP contribution in [-0.4, -0.2) is 59.8 Å². The third-order valence-corrected chi connectivity index (χ3v) is 7.35. The molecular weight excluding hydrogens is 644 g/mol. The van der Waals surface area contributed by atoms with Gasteiger partial charge < -0.3 is 19.5 Å². The van der Waals surface area contributed by atoms with Crippen LogP contribution in [-0.2, 0) is 40.0 Å². The molecule has 0 saturated carbocycles. The fourth-order valence-electron chi connectivity index (χ4n) is 4.52. The molecule has 2 atom stereocenters. The van der Waals surface area contributed by atoms with Crippen LogP contribution in [0.1, 0.15) is 40.9 Å². The van der Waals surface area contributed by atoms with Gasteiger partial charge in [-0.3, -0.25) is 28.9 Å². The molecule has 1 aliphatic heterocycles. The van der Waals surface area contributed by atoms with Crippen LogP contribution in [0.4, 0.5) is 11.4 Å². The molecule has 0 bridgehead atoms. The molecule has 0 aromatic heterocycles. The molecule has 3 aromatic rings. The Kier molecular flexibility index (Phi) is 10.3. The summed E-state index contributed by atoms with van der Waals surface area (Å²) in [6.07, 6.45) is -3.08. The van der Waals surface area contributed by atoms with Gasteiger partial charge in [-0.1, -0.05) is 51.8 Å². The number of benzene rings is 3. The summed E-state index contributed by atoms with van der Waals surface area (Å²) in [6.45, 7) is 3.97. The van der Waals surface area contributed by atoms with Gasteiger partial charge in [-0.15, -0.1) is 0 Å². The van der Waals surface area contributed by atoms with Gasteiger partial charge in [-0.2, -0.15) is 0 Å². The van der Waals surface area contributed by atoms with Crippen molar-refractivity contribution in [3.8, 4) is 0 Å². The van der Waals surface area contributed by atoms with Crippen molar-refractivity contribution in [2.45, 2.75) is 39.6 Å². The summed E-state index contributed by atoms with van der Waals surface area (Å²) >= 11 is 9.97. The lowest BCUT2D eigenvalue weighted by molar-refractivity contribution is -0.167. The van der Waals surface area contributed by atoms with Crippen molar-refractivity contribution >= 4 is 68.4 Å².